The standard InChI is InChI=1S/C15H46N3Si6/c1-20(2,3)16-19(17(21(4,5)6)22(7,8)9)18(23(10,11)12)24(13,14)15/h16H,1-15H3. The summed E-state index contributed by atoms with van der Waals surface area (Å²) in [5.41, 5.74) is 0. The van der Waals surface area contributed by atoms with E-state index < -0.39 is 50.5 Å². The molecule has 0 unspecified atom stereocenters. The van der Waals surface area contributed by atoms with Gasteiger partial charge < -0.3 is 12.4 Å². The van der Waals surface area contributed by atoms with Gasteiger partial charge in [-0.15, -0.1) is 0 Å². The van der Waals surface area contributed by atoms with E-state index in [4.69, 9.17) is 0 Å². The molecule has 0 aliphatic rings. The highest BCUT2D eigenvalue weighted by Crippen LogP contribution is 2.29. The Morgan fingerprint density at radius 2 is 0.667 bits per heavy atom. The van der Waals surface area contributed by atoms with Crippen LogP contribution in [0.25, 0.3) is 0 Å². The molecule has 0 aromatic rings. The van der Waals surface area contributed by atoms with Crippen molar-refractivity contribution in [2.24, 2.45) is 0 Å². The van der Waals surface area contributed by atoms with E-state index in [0.717, 1.165) is 0 Å². The first-order valence-electron chi connectivity index (χ1n) is 9.34. The van der Waals surface area contributed by atoms with E-state index in [1.807, 2.05) is 0 Å². The Labute approximate surface area is 160 Å². The van der Waals surface area contributed by atoms with E-state index in [0.29, 0.717) is 0 Å². The van der Waals surface area contributed by atoms with Crippen molar-refractivity contribution in [3.63, 3.8) is 0 Å². The quantitative estimate of drug-likeness (QED) is 0.518. The molecule has 0 bridgehead atoms. The number of hydrogen-bond donors (Lipinski definition) is 1. The third-order valence-corrected chi connectivity index (χ3v) is 32.3. The Balaban J connectivity index is 6.44. The molecule has 0 saturated carbocycles. The zero-order chi connectivity index (χ0) is 19.9. The van der Waals surface area contributed by atoms with Gasteiger partial charge in [0.2, 0.25) is 0 Å². The average Bonchev–Trinajstić information content (AvgIpc) is 2.01. The van der Waals surface area contributed by atoms with Gasteiger partial charge in [-0.2, -0.15) is 0 Å². The third kappa shape index (κ3) is 7.82. The maximum absolute atomic E-state index is 4.31. The summed E-state index contributed by atoms with van der Waals surface area (Å²) in [5.74, 6) is 0. The van der Waals surface area contributed by atoms with Gasteiger partial charge in [-0.05, 0) is 0 Å². The van der Waals surface area contributed by atoms with Crippen molar-refractivity contribution in [1.29, 1.82) is 0 Å². The summed E-state index contributed by atoms with van der Waals surface area (Å²) in [6.45, 7) is 38.2. The van der Waals surface area contributed by atoms with Gasteiger partial charge in [-0.3, -0.25) is 0 Å². The van der Waals surface area contributed by atoms with Crippen LogP contribution in [0.2, 0.25) is 98.2 Å². The van der Waals surface area contributed by atoms with Crippen LogP contribution in [0.3, 0.4) is 0 Å². The van der Waals surface area contributed by atoms with E-state index >= 15 is 0 Å². The summed E-state index contributed by atoms with van der Waals surface area (Å²) >= 11 is 0. The summed E-state index contributed by atoms with van der Waals surface area (Å²) in [5, 5.41) is 0. The Morgan fingerprint density at radius 1 is 0.458 bits per heavy atom. The topological polar surface area (TPSA) is 18.5 Å². The van der Waals surface area contributed by atoms with Crippen LogP contribution in [0.5, 0.6) is 0 Å². The molecule has 0 amide bonds. The minimum atomic E-state index is -1.40. The monoisotopic (exact) mass is 436 g/mol. The molecule has 0 atom stereocenters. The highest BCUT2D eigenvalue weighted by molar-refractivity contribution is 7.07. The van der Waals surface area contributed by atoms with Crippen LogP contribution in [0.4, 0.5) is 0 Å². The molecule has 0 heterocycles. The first kappa shape index (κ1) is 25.2. The van der Waals surface area contributed by atoms with Gasteiger partial charge in [0.25, 0.3) is 9.28 Å². The Morgan fingerprint density at radius 3 is 0.792 bits per heavy atom. The molecular weight excluding hydrogens is 391 g/mol. The molecule has 0 rings (SSSR count). The second-order valence-corrected chi connectivity index (χ2v) is 40.9. The van der Waals surface area contributed by atoms with Crippen molar-refractivity contribution < 1.29 is 0 Å². The molecule has 0 spiro atoms. The highest BCUT2D eigenvalue weighted by Gasteiger charge is 2.50. The van der Waals surface area contributed by atoms with Crippen molar-refractivity contribution in [3.05, 3.63) is 0 Å². The molecule has 24 heavy (non-hydrogen) atoms. The largest absolute Gasteiger partial charge is 0.344 e. The van der Waals surface area contributed by atoms with Crippen molar-refractivity contribution in [2.75, 3.05) is 0 Å². The summed E-state index contributed by atoms with van der Waals surface area (Å²) in [4.78, 5) is 0. The van der Waals surface area contributed by atoms with Crippen LogP contribution in [-0.2, 0) is 0 Å². The van der Waals surface area contributed by atoms with E-state index in [1.165, 1.54) is 0 Å². The molecule has 9 heteroatoms. The van der Waals surface area contributed by atoms with Gasteiger partial charge in [0.1, 0.15) is 41.2 Å². The lowest BCUT2D eigenvalue weighted by Crippen LogP contribution is -2.83. The van der Waals surface area contributed by atoms with Crippen LogP contribution in [0.15, 0.2) is 0 Å². The van der Waals surface area contributed by atoms with E-state index in [-0.39, 0.29) is 0 Å². The molecule has 0 aromatic carbocycles. The normalized spacial score (nSPS) is 15.8. The van der Waals surface area contributed by atoms with E-state index in [9.17, 15) is 0 Å². The van der Waals surface area contributed by atoms with Gasteiger partial charge in [0.05, 0.1) is 0 Å². The molecule has 0 aliphatic heterocycles. The van der Waals surface area contributed by atoms with Crippen molar-refractivity contribution in [3.8, 4) is 0 Å². The van der Waals surface area contributed by atoms with E-state index in [2.05, 4.69) is 111 Å². The molecule has 0 aromatic heterocycles. The Bertz CT molecular complexity index is 349. The smallest absolute Gasteiger partial charge is 0.289 e. The molecule has 0 saturated heterocycles. The second kappa shape index (κ2) is 7.66. The van der Waals surface area contributed by atoms with Gasteiger partial charge in [0.15, 0.2) is 0 Å². The molecular formula is C15H46N3Si6. The molecule has 1 radical (unpaired) electrons. The molecule has 3 nitrogen and oxygen atoms in total. The van der Waals surface area contributed by atoms with Gasteiger partial charge >= 0.3 is 0 Å². The minimum Gasteiger partial charge on any atom is -0.344 e. The first-order valence-corrected chi connectivity index (χ1v) is 28.0. The van der Waals surface area contributed by atoms with Crippen molar-refractivity contribution >= 4 is 50.5 Å². The Hall–Kier alpha value is 1.18. The van der Waals surface area contributed by atoms with E-state index in [1.54, 1.807) is 0 Å². The van der Waals surface area contributed by atoms with Crippen LogP contribution < -0.4 is 4.65 Å². The SMILES string of the molecule is C[Si](C)(C)N[Si](N([Si](C)(C)C)[Si](C)(C)C)N([Si](C)(C)C)[Si](C)(C)C. The lowest BCUT2D eigenvalue weighted by molar-refractivity contribution is 0.770. The molecule has 0 fully saturated rings. The third-order valence-electron chi connectivity index (χ3n) is 3.59. The second-order valence-electron chi connectivity index (χ2n) is 12.1. The molecule has 0 aliphatic carbocycles. The lowest BCUT2D eigenvalue weighted by atomic mass is 11.8. The molecule has 1 N–H and O–H groups in total. The fourth-order valence-electron chi connectivity index (χ4n) is 3.83. The van der Waals surface area contributed by atoms with Crippen LogP contribution in [-0.4, -0.2) is 58.3 Å². The average molecular weight is 437 g/mol. The fourth-order valence-corrected chi connectivity index (χ4v) is 38.3. The van der Waals surface area contributed by atoms with Gasteiger partial charge in [-0.25, -0.2) is 0 Å². The van der Waals surface area contributed by atoms with Gasteiger partial charge in [0, 0.05) is 0 Å². The predicted octanol–water partition coefficient (Wildman–Crippen LogP) is 5.34. The maximum atomic E-state index is 4.31. The number of nitrogens with one attached hydrogen (secondary N) is 1. The number of rotatable bonds is 8. The summed E-state index contributed by atoms with van der Waals surface area (Å²) in [7, 11) is -7.85. The minimum absolute atomic E-state index is 0.883. The summed E-state index contributed by atoms with van der Waals surface area (Å²) in [6, 6.07) is 0. The highest BCUT2D eigenvalue weighted by atomic mass is 28.5. The molecule has 145 valence electrons. The zero-order valence-electron chi connectivity index (χ0n) is 19.4. The maximum Gasteiger partial charge on any atom is 0.289 e. The van der Waals surface area contributed by atoms with Crippen LogP contribution >= 0.6 is 0 Å². The van der Waals surface area contributed by atoms with Crippen molar-refractivity contribution in [1.82, 2.24) is 12.4 Å². The van der Waals surface area contributed by atoms with Crippen LogP contribution in [0, 0.1) is 0 Å². The fraction of sp³-hybridized carbons (Fsp3) is 1.00. The number of hydrogen-bond acceptors (Lipinski definition) is 3. The summed E-state index contributed by atoms with van der Waals surface area (Å²) in [6.07, 6.45) is 0. The summed E-state index contributed by atoms with van der Waals surface area (Å²) < 4.78 is 10.5. The van der Waals surface area contributed by atoms with Crippen molar-refractivity contribution in [2.45, 2.75) is 98.2 Å². The van der Waals surface area contributed by atoms with Crippen LogP contribution in [0.1, 0.15) is 0 Å². The predicted molar refractivity (Wildman–Crippen MR) is 129 cm³/mol. The lowest BCUT2D eigenvalue weighted by Gasteiger charge is -2.58. The Kier molecular flexibility index (Phi) is 8.04. The first-order chi connectivity index (χ1) is 10.1. The van der Waals surface area contributed by atoms with Gasteiger partial charge in [-0.1, -0.05) is 98.2 Å². The number of nitrogens with zero attached hydrogens (tertiary/aromatic N) is 2. The zero-order valence-corrected chi connectivity index (χ0v) is 25.4.